The summed E-state index contributed by atoms with van der Waals surface area (Å²) in [6.45, 7) is 6.55. The molecule has 0 atom stereocenters. The van der Waals surface area contributed by atoms with Crippen LogP contribution in [0, 0.1) is 5.41 Å². The zero-order valence-corrected chi connectivity index (χ0v) is 10.6. The molecule has 0 amide bonds. The maximum atomic E-state index is 4.24. The quantitative estimate of drug-likeness (QED) is 0.747. The molecular weight excluding hydrogens is 212 g/mol. The van der Waals surface area contributed by atoms with Gasteiger partial charge in [-0.05, 0) is 21.4 Å². The molecule has 1 aromatic rings. The molecule has 0 saturated carbocycles. The van der Waals surface area contributed by atoms with Crippen molar-refractivity contribution >= 4 is 0 Å². The fraction of sp³-hybridized carbons (Fsp3) is 0.538. The van der Waals surface area contributed by atoms with E-state index in [0.29, 0.717) is 0 Å². The van der Waals surface area contributed by atoms with E-state index in [1.165, 1.54) is 5.56 Å². The van der Waals surface area contributed by atoms with Crippen LogP contribution in [0.25, 0.3) is 0 Å². The summed E-state index contributed by atoms with van der Waals surface area (Å²) in [4.78, 5) is 0. The highest BCUT2D eigenvalue weighted by Crippen LogP contribution is 2.36. The Balaban J connectivity index is 2.19. The van der Waals surface area contributed by atoms with Crippen molar-refractivity contribution in [3.63, 3.8) is 0 Å². The first kappa shape index (κ1) is 11.9. The highest BCUT2D eigenvalue weighted by molar-refractivity contribution is 5.18. The van der Waals surface area contributed by atoms with Crippen molar-refractivity contribution in [2.24, 2.45) is 26.1 Å². The molecule has 0 N–H and O–H groups in total. The zero-order chi connectivity index (χ0) is 12.4. The molecule has 4 heteroatoms. The van der Waals surface area contributed by atoms with Crippen LogP contribution in [-0.4, -0.2) is 5.66 Å². The van der Waals surface area contributed by atoms with Crippen molar-refractivity contribution in [1.29, 1.82) is 0 Å². The van der Waals surface area contributed by atoms with Crippen molar-refractivity contribution in [2.75, 3.05) is 0 Å². The summed E-state index contributed by atoms with van der Waals surface area (Å²) in [7, 11) is 0. The topological polar surface area (TPSA) is 49.4 Å². The van der Waals surface area contributed by atoms with E-state index >= 15 is 0 Å². The lowest BCUT2D eigenvalue weighted by Gasteiger charge is -2.28. The van der Waals surface area contributed by atoms with Crippen molar-refractivity contribution in [3.8, 4) is 0 Å². The summed E-state index contributed by atoms with van der Waals surface area (Å²) < 4.78 is 0. The van der Waals surface area contributed by atoms with Gasteiger partial charge in [-0.3, -0.25) is 0 Å². The first-order chi connectivity index (χ1) is 7.99. The molecule has 17 heavy (non-hydrogen) atoms. The molecule has 0 bridgehead atoms. The maximum Gasteiger partial charge on any atom is 0.199 e. The Hall–Kier alpha value is -1.58. The van der Waals surface area contributed by atoms with Gasteiger partial charge in [-0.15, -0.1) is 10.2 Å². The highest BCUT2D eigenvalue weighted by atomic mass is 15.6. The molecule has 0 spiro atoms. The molecule has 0 unspecified atom stereocenters. The minimum absolute atomic E-state index is 0.150. The van der Waals surface area contributed by atoms with Crippen LogP contribution in [0.15, 0.2) is 51.0 Å². The fourth-order valence-corrected chi connectivity index (χ4v) is 2.20. The lowest BCUT2D eigenvalue weighted by molar-refractivity contribution is 0.259. The van der Waals surface area contributed by atoms with Crippen molar-refractivity contribution < 1.29 is 0 Å². The molecule has 4 nitrogen and oxygen atoms in total. The summed E-state index contributed by atoms with van der Waals surface area (Å²) in [6.07, 6.45) is 1.61. The second kappa shape index (κ2) is 4.35. The van der Waals surface area contributed by atoms with E-state index in [0.717, 1.165) is 12.8 Å². The Morgan fingerprint density at radius 2 is 1.59 bits per heavy atom. The molecule has 0 aliphatic carbocycles. The SMILES string of the molecule is CC(C)(C)CC1(Cc2ccccc2)N=NN=N1. The van der Waals surface area contributed by atoms with Crippen molar-refractivity contribution in [1.82, 2.24) is 0 Å². The van der Waals surface area contributed by atoms with Crippen LogP contribution < -0.4 is 0 Å². The zero-order valence-electron chi connectivity index (χ0n) is 10.6. The summed E-state index contributed by atoms with van der Waals surface area (Å²) in [5.41, 5.74) is 0.869. The van der Waals surface area contributed by atoms with Crippen LogP contribution in [-0.2, 0) is 6.42 Å². The van der Waals surface area contributed by atoms with Gasteiger partial charge in [0.25, 0.3) is 0 Å². The molecule has 90 valence electrons. The largest absolute Gasteiger partial charge is 0.199 e. The summed E-state index contributed by atoms with van der Waals surface area (Å²) in [5, 5.41) is 15.9. The maximum absolute atomic E-state index is 4.24. The lowest BCUT2D eigenvalue weighted by Crippen LogP contribution is -2.30. The van der Waals surface area contributed by atoms with E-state index in [-0.39, 0.29) is 5.41 Å². The van der Waals surface area contributed by atoms with Gasteiger partial charge >= 0.3 is 0 Å². The van der Waals surface area contributed by atoms with Crippen LogP contribution in [0.2, 0.25) is 0 Å². The number of hydrogen-bond acceptors (Lipinski definition) is 4. The van der Waals surface area contributed by atoms with Crippen LogP contribution >= 0.6 is 0 Å². The summed E-state index contributed by atoms with van der Waals surface area (Å²) >= 11 is 0. The van der Waals surface area contributed by atoms with Gasteiger partial charge in [-0.1, -0.05) is 51.1 Å². The van der Waals surface area contributed by atoms with E-state index in [1.54, 1.807) is 0 Å². The highest BCUT2D eigenvalue weighted by Gasteiger charge is 2.37. The van der Waals surface area contributed by atoms with Crippen LogP contribution in [0.5, 0.6) is 0 Å². The predicted octanol–water partition coefficient (Wildman–Crippen LogP) is 4.19. The third kappa shape index (κ3) is 3.19. The van der Waals surface area contributed by atoms with Crippen molar-refractivity contribution in [2.45, 2.75) is 39.3 Å². The first-order valence-corrected chi connectivity index (χ1v) is 5.87. The molecule has 0 aromatic heterocycles. The van der Waals surface area contributed by atoms with E-state index in [1.807, 2.05) is 18.2 Å². The monoisotopic (exact) mass is 230 g/mol. The van der Waals surface area contributed by atoms with Crippen LogP contribution in [0.1, 0.15) is 32.8 Å². The number of rotatable bonds is 3. The van der Waals surface area contributed by atoms with Gasteiger partial charge in [0, 0.05) is 12.8 Å². The van der Waals surface area contributed by atoms with Gasteiger partial charge in [0.1, 0.15) is 0 Å². The molecule has 1 aromatic carbocycles. The fourth-order valence-electron chi connectivity index (χ4n) is 2.20. The second-order valence-electron chi connectivity index (χ2n) is 5.76. The van der Waals surface area contributed by atoms with Gasteiger partial charge in [-0.2, -0.15) is 0 Å². The molecule has 1 aliphatic heterocycles. The number of benzene rings is 1. The average molecular weight is 230 g/mol. The Bertz CT molecular complexity index is 416. The standard InChI is InChI=1S/C13H18N4/c1-12(2,3)10-13(14-16-17-15-13)9-11-7-5-4-6-8-11/h4-8H,9-10H2,1-3H3. The molecular formula is C13H18N4. The number of hydrogen-bond donors (Lipinski definition) is 0. The van der Waals surface area contributed by atoms with E-state index in [2.05, 4.69) is 53.6 Å². The molecule has 1 heterocycles. The molecule has 1 aliphatic rings. The van der Waals surface area contributed by atoms with Crippen LogP contribution in [0.4, 0.5) is 0 Å². The predicted molar refractivity (Wildman–Crippen MR) is 66.7 cm³/mol. The average Bonchev–Trinajstić information content (AvgIpc) is 2.65. The molecule has 0 radical (unpaired) electrons. The Morgan fingerprint density at radius 1 is 1.00 bits per heavy atom. The molecule has 0 fully saturated rings. The van der Waals surface area contributed by atoms with Gasteiger partial charge in [-0.25, -0.2) is 0 Å². The first-order valence-electron chi connectivity index (χ1n) is 5.87. The van der Waals surface area contributed by atoms with E-state index in [4.69, 9.17) is 0 Å². The Kier molecular flexibility index (Phi) is 3.05. The van der Waals surface area contributed by atoms with Crippen LogP contribution in [0.3, 0.4) is 0 Å². The molecule has 0 saturated heterocycles. The van der Waals surface area contributed by atoms with Gasteiger partial charge in [0.2, 0.25) is 0 Å². The molecule has 2 rings (SSSR count). The summed E-state index contributed by atoms with van der Waals surface area (Å²) in [5.74, 6) is 0. The summed E-state index contributed by atoms with van der Waals surface area (Å²) in [6, 6.07) is 10.3. The smallest absolute Gasteiger partial charge is 0.134 e. The van der Waals surface area contributed by atoms with Gasteiger partial charge in [0.05, 0.1) is 0 Å². The number of nitrogens with zero attached hydrogens (tertiary/aromatic N) is 4. The normalized spacial score (nSPS) is 17.6. The van der Waals surface area contributed by atoms with E-state index in [9.17, 15) is 0 Å². The third-order valence-electron chi connectivity index (χ3n) is 2.65. The Labute approximate surface area is 102 Å². The Morgan fingerprint density at radius 3 is 2.12 bits per heavy atom. The lowest BCUT2D eigenvalue weighted by atomic mass is 9.82. The minimum atomic E-state index is -0.500. The van der Waals surface area contributed by atoms with Gasteiger partial charge < -0.3 is 0 Å². The van der Waals surface area contributed by atoms with Crippen molar-refractivity contribution in [3.05, 3.63) is 35.9 Å². The second-order valence-corrected chi connectivity index (χ2v) is 5.76. The third-order valence-corrected chi connectivity index (χ3v) is 2.65. The minimum Gasteiger partial charge on any atom is -0.134 e. The van der Waals surface area contributed by atoms with Gasteiger partial charge in [0.15, 0.2) is 5.66 Å². The van der Waals surface area contributed by atoms with E-state index < -0.39 is 5.66 Å².